The van der Waals surface area contributed by atoms with Gasteiger partial charge in [0.05, 0.1) is 17.7 Å². The highest BCUT2D eigenvalue weighted by molar-refractivity contribution is 6.32. The van der Waals surface area contributed by atoms with Crippen LogP contribution in [0.25, 0.3) is 5.78 Å². The molecule has 1 saturated carbocycles. The van der Waals surface area contributed by atoms with Crippen LogP contribution in [0.2, 0.25) is 5.02 Å². The number of carbonyl (C=O) groups is 1. The Morgan fingerprint density at radius 3 is 2.66 bits per heavy atom. The van der Waals surface area contributed by atoms with Crippen LogP contribution in [0.15, 0.2) is 29.5 Å². The first-order chi connectivity index (χ1) is 18.2. The number of aryl methyl sites for hydroxylation is 4. The molecule has 0 amide bonds. The fourth-order valence-electron chi connectivity index (χ4n) is 6.13. The Morgan fingerprint density at radius 1 is 1.21 bits per heavy atom. The minimum Gasteiger partial charge on any atom is -0.512 e. The first-order valence-electron chi connectivity index (χ1n) is 13.4. The molecule has 0 spiro atoms. The van der Waals surface area contributed by atoms with Crippen molar-refractivity contribution < 1.29 is 19.4 Å². The molecule has 3 aromatic rings. The number of nitrogens with zero attached hydrogens (tertiary/aromatic N) is 4. The summed E-state index contributed by atoms with van der Waals surface area (Å²) in [5.41, 5.74) is 3.35. The number of aliphatic hydroxyl groups is 1. The van der Waals surface area contributed by atoms with Crippen LogP contribution in [0.3, 0.4) is 0 Å². The van der Waals surface area contributed by atoms with Crippen LogP contribution in [0.5, 0.6) is 5.75 Å². The molecule has 1 atom stereocenters. The Hall–Kier alpha value is -3.13. The van der Waals surface area contributed by atoms with E-state index in [1.54, 1.807) is 11.6 Å². The minimum atomic E-state index is -0.748. The quantitative estimate of drug-likeness (QED) is 0.360. The van der Waals surface area contributed by atoms with Crippen molar-refractivity contribution >= 4 is 23.3 Å². The van der Waals surface area contributed by atoms with Gasteiger partial charge in [0.15, 0.2) is 5.82 Å². The first-order valence-corrected chi connectivity index (χ1v) is 13.8. The van der Waals surface area contributed by atoms with Gasteiger partial charge in [-0.25, -0.2) is 14.3 Å². The molecule has 0 bridgehead atoms. The van der Waals surface area contributed by atoms with Gasteiger partial charge in [0.25, 0.3) is 5.78 Å². The molecule has 1 aliphatic heterocycles. The Labute approximate surface area is 228 Å². The van der Waals surface area contributed by atoms with Crippen molar-refractivity contribution in [2.45, 2.75) is 84.2 Å². The van der Waals surface area contributed by atoms with Gasteiger partial charge in [0.1, 0.15) is 17.1 Å². The van der Waals surface area contributed by atoms with Crippen LogP contribution in [0.1, 0.15) is 73.8 Å². The van der Waals surface area contributed by atoms with Crippen molar-refractivity contribution in [1.29, 1.82) is 0 Å². The van der Waals surface area contributed by atoms with Crippen molar-refractivity contribution in [1.82, 2.24) is 19.6 Å². The molecule has 5 rings (SSSR count). The van der Waals surface area contributed by atoms with Gasteiger partial charge in [0.2, 0.25) is 0 Å². The molecule has 1 aromatic carbocycles. The molecule has 1 unspecified atom stereocenters. The molecule has 3 heterocycles. The molecule has 8 nitrogen and oxygen atoms in total. The Morgan fingerprint density at radius 2 is 1.97 bits per heavy atom. The van der Waals surface area contributed by atoms with Crippen LogP contribution in [-0.4, -0.2) is 43.4 Å². The number of ether oxygens (including phenoxy) is 2. The Balaban J connectivity index is 1.41. The van der Waals surface area contributed by atoms with Crippen LogP contribution in [-0.2, 0) is 28.8 Å². The number of aromatic nitrogens is 4. The summed E-state index contributed by atoms with van der Waals surface area (Å²) >= 11 is 6.51. The lowest BCUT2D eigenvalue weighted by atomic mass is 9.76. The molecule has 2 aromatic heterocycles. The SMILES string of the molecule is CCc1cc(CCC2(C3CCCC3)CC(O)=C(Cc3nc4nc(C)cc(C)n4n3)C(=O)O2)cc(Cl)c1OC. The smallest absolute Gasteiger partial charge is 0.338 e. The average Bonchev–Trinajstić information content (AvgIpc) is 3.55. The third-order valence-electron chi connectivity index (χ3n) is 8.06. The topological polar surface area (TPSA) is 98.8 Å². The number of hydrogen-bond donors (Lipinski definition) is 1. The fourth-order valence-corrected chi connectivity index (χ4v) is 6.47. The van der Waals surface area contributed by atoms with Gasteiger partial charge < -0.3 is 14.6 Å². The number of benzene rings is 1. The second-order valence-electron chi connectivity index (χ2n) is 10.6. The highest BCUT2D eigenvalue weighted by Crippen LogP contribution is 2.46. The molecule has 2 aliphatic rings. The standard InChI is InChI=1S/C29H35ClN4O4/c1-5-20-13-19(14-23(30)26(20)37-4)10-11-29(21-8-6-7-9-21)16-24(35)22(27(36)38-29)15-25-32-28-31-17(2)12-18(3)34(28)33-25/h12-14,21,35H,5-11,15-16H2,1-4H3. The van der Waals surface area contributed by atoms with Gasteiger partial charge in [0, 0.05) is 24.2 Å². The molecular formula is C29H35ClN4O4. The number of cyclic esters (lactones) is 1. The molecule has 1 N–H and O–H groups in total. The largest absolute Gasteiger partial charge is 0.512 e. The van der Waals surface area contributed by atoms with E-state index in [0.717, 1.165) is 54.6 Å². The van der Waals surface area contributed by atoms with Crippen LogP contribution >= 0.6 is 11.6 Å². The van der Waals surface area contributed by atoms with E-state index in [9.17, 15) is 9.90 Å². The van der Waals surface area contributed by atoms with E-state index >= 15 is 0 Å². The zero-order chi connectivity index (χ0) is 27.0. The Bertz CT molecular complexity index is 1410. The number of halogens is 1. The lowest BCUT2D eigenvalue weighted by molar-refractivity contribution is -0.167. The first kappa shape index (κ1) is 26.5. The van der Waals surface area contributed by atoms with Crippen LogP contribution in [0.4, 0.5) is 0 Å². The lowest BCUT2D eigenvalue weighted by Crippen LogP contribution is -2.46. The van der Waals surface area contributed by atoms with Crippen molar-refractivity contribution in [2.24, 2.45) is 5.92 Å². The van der Waals surface area contributed by atoms with Gasteiger partial charge in [-0.3, -0.25) is 0 Å². The van der Waals surface area contributed by atoms with Gasteiger partial charge >= 0.3 is 5.97 Å². The van der Waals surface area contributed by atoms with Gasteiger partial charge in [-0.1, -0.05) is 37.4 Å². The summed E-state index contributed by atoms with van der Waals surface area (Å²) in [4.78, 5) is 22.3. The van der Waals surface area contributed by atoms with E-state index < -0.39 is 11.6 Å². The summed E-state index contributed by atoms with van der Waals surface area (Å²) in [5.74, 6) is 1.42. The maximum atomic E-state index is 13.4. The Kier molecular flexibility index (Phi) is 7.36. The van der Waals surface area contributed by atoms with Crippen LogP contribution in [0, 0.1) is 19.8 Å². The number of aliphatic hydroxyl groups excluding tert-OH is 1. The molecule has 0 radical (unpaired) electrons. The lowest BCUT2D eigenvalue weighted by Gasteiger charge is -2.41. The van der Waals surface area contributed by atoms with E-state index in [-0.39, 0.29) is 23.7 Å². The van der Waals surface area contributed by atoms with E-state index in [2.05, 4.69) is 28.1 Å². The summed E-state index contributed by atoms with van der Waals surface area (Å²) in [6.07, 6.45) is 6.67. The highest BCUT2D eigenvalue weighted by atomic mass is 35.5. The minimum absolute atomic E-state index is 0.0786. The zero-order valence-electron chi connectivity index (χ0n) is 22.5. The van der Waals surface area contributed by atoms with E-state index in [1.165, 1.54) is 0 Å². The maximum absolute atomic E-state index is 13.4. The third kappa shape index (κ3) is 4.98. The normalized spacial score (nSPS) is 20.4. The van der Waals surface area contributed by atoms with Crippen LogP contribution < -0.4 is 4.74 Å². The van der Waals surface area contributed by atoms with Crippen molar-refractivity contribution in [3.05, 3.63) is 62.9 Å². The predicted octanol–water partition coefficient (Wildman–Crippen LogP) is 5.83. The molecule has 0 saturated heterocycles. The number of carbonyl (C=O) groups excluding carboxylic acids is 1. The zero-order valence-corrected chi connectivity index (χ0v) is 23.3. The summed E-state index contributed by atoms with van der Waals surface area (Å²) in [7, 11) is 1.63. The molecule has 9 heteroatoms. The summed E-state index contributed by atoms with van der Waals surface area (Å²) in [6, 6.07) is 5.97. The number of rotatable bonds is 8. The molecular weight excluding hydrogens is 504 g/mol. The number of esters is 1. The van der Waals surface area contributed by atoms with Gasteiger partial charge in [-0.15, -0.1) is 5.10 Å². The summed E-state index contributed by atoms with van der Waals surface area (Å²) < 4.78 is 13.4. The van der Waals surface area contributed by atoms with E-state index in [1.807, 2.05) is 26.0 Å². The predicted molar refractivity (Wildman–Crippen MR) is 145 cm³/mol. The van der Waals surface area contributed by atoms with E-state index in [4.69, 9.17) is 21.1 Å². The van der Waals surface area contributed by atoms with E-state index in [0.29, 0.717) is 41.6 Å². The third-order valence-corrected chi connectivity index (χ3v) is 8.34. The summed E-state index contributed by atoms with van der Waals surface area (Å²) in [6.45, 7) is 5.91. The van der Waals surface area contributed by atoms with Gasteiger partial charge in [-0.05, 0) is 75.1 Å². The molecule has 1 aliphatic carbocycles. The van der Waals surface area contributed by atoms with Crippen molar-refractivity contribution in [3.8, 4) is 5.75 Å². The van der Waals surface area contributed by atoms with Crippen molar-refractivity contribution in [3.63, 3.8) is 0 Å². The average molecular weight is 539 g/mol. The highest BCUT2D eigenvalue weighted by Gasteiger charge is 2.48. The second-order valence-corrected chi connectivity index (χ2v) is 11.0. The maximum Gasteiger partial charge on any atom is 0.338 e. The number of hydrogen-bond acceptors (Lipinski definition) is 7. The molecule has 202 valence electrons. The van der Waals surface area contributed by atoms with Crippen molar-refractivity contribution in [2.75, 3.05) is 7.11 Å². The van der Waals surface area contributed by atoms with Gasteiger partial charge in [-0.2, -0.15) is 4.98 Å². The molecule has 1 fully saturated rings. The second kappa shape index (κ2) is 10.6. The monoisotopic (exact) mass is 538 g/mol. The number of fused-ring (bicyclic) bond motifs is 1. The fraction of sp³-hybridized carbons (Fsp3) is 0.517. The number of methoxy groups -OCH3 is 1. The summed E-state index contributed by atoms with van der Waals surface area (Å²) in [5, 5.41) is 16.3. The molecule has 38 heavy (non-hydrogen) atoms.